The summed E-state index contributed by atoms with van der Waals surface area (Å²) in [6, 6.07) is 4.06. The highest BCUT2D eigenvalue weighted by molar-refractivity contribution is 5.77. The van der Waals surface area contributed by atoms with E-state index in [1.807, 2.05) is 6.07 Å². The van der Waals surface area contributed by atoms with Gasteiger partial charge in [0.25, 0.3) is 0 Å². The van der Waals surface area contributed by atoms with Gasteiger partial charge in [0, 0.05) is 11.8 Å². The quantitative estimate of drug-likeness (QED) is 0.821. The zero-order chi connectivity index (χ0) is 13.3. The Morgan fingerprint density at radius 2 is 2.00 bits per heavy atom. The second-order valence-electron chi connectivity index (χ2n) is 5.22. The summed E-state index contributed by atoms with van der Waals surface area (Å²) in [5.74, 6) is 1.11. The van der Waals surface area contributed by atoms with Crippen LogP contribution in [0.5, 0.6) is 5.75 Å². The Kier molecular flexibility index (Phi) is 3.44. The van der Waals surface area contributed by atoms with Crippen LogP contribution in [-0.2, 0) is 14.9 Å². The van der Waals surface area contributed by atoms with E-state index >= 15 is 0 Å². The lowest BCUT2D eigenvalue weighted by atomic mass is 9.72. The standard InChI is InChI=1S/C15H20O3/c1-10(16)7-15(8-18-9-15)13-5-6-14(17-4)12(3)11(13)2/h5-6H,7-9H2,1-4H3. The fourth-order valence-corrected chi connectivity index (χ4v) is 2.77. The molecule has 1 heterocycles. The van der Waals surface area contributed by atoms with Crippen molar-refractivity contribution in [1.29, 1.82) is 0 Å². The second-order valence-corrected chi connectivity index (χ2v) is 5.22. The van der Waals surface area contributed by atoms with Gasteiger partial charge in [0.05, 0.1) is 20.3 Å². The molecule has 0 atom stereocenters. The van der Waals surface area contributed by atoms with Gasteiger partial charge in [0.2, 0.25) is 0 Å². The zero-order valence-corrected chi connectivity index (χ0v) is 11.5. The first-order chi connectivity index (χ1) is 8.50. The highest BCUT2D eigenvalue weighted by atomic mass is 16.5. The number of carbonyl (C=O) groups excluding carboxylic acids is 1. The van der Waals surface area contributed by atoms with E-state index < -0.39 is 0 Å². The Morgan fingerprint density at radius 3 is 2.44 bits per heavy atom. The van der Waals surface area contributed by atoms with Crippen LogP contribution in [0.4, 0.5) is 0 Å². The number of carbonyl (C=O) groups is 1. The molecule has 2 rings (SSSR count). The minimum atomic E-state index is -0.118. The van der Waals surface area contributed by atoms with Crippen LogP contribution < -0.4 is 4.74 Å². The van der Waals surface area contributed by atoms with Crippen molar-refractivity contribution in [2.45, 2.75) is 32.6 Å². The van der Waals surface area contributed by atoms with Crippen LogP contribution in [0.15, 0.2) is 12.1 Å². The van der Waals surface area contributed by atoms with Crippen molar-refractivity contribution in [3.8, 4) is 5.75 Å². The zero-order valence-electron chi connectivity index (χ0n) is 11.5. The van der Waals surface area contributed by atoms with Crippen LogP contribution in [0.3, 0.4) is 0 Å². The smallest absolute Gasteiger partial charge is 0.130 e. The minimum absolute atomic E-state index is 0.118. The topological polar surface area (TPSA) is 35.5 Å². The summed E-state index contributed by atoms with van der Waals surface area (Å²) in [6.07, 6.45) is 0.555. The van der Waals surface area contributed by atoms with Gasteiger partial charge in [-0.1, -0.05) is 6.07 Å². The van der Waals surface area contributed by atoms with E-state index in [1.165, 1.54) is 11.1 Å². The third-order valence-corrected chi connectivity index (χ3v) is 3.87. The summed E-state index contributed by atoms with van der Waals surface area (Å²) in [5, 5.41) is 0. The molecule has 98 valence electrons. The summed E-state index contributed by atoms with van der Waals surface area (Å²) < 4.78 is 10.7. The molecule has 1 aromatic carbocycles. The second kappa shape index (κ2) is 4.73. The number of hydrogen-bond acceptors (Lipinski definition) is 3. The van der Waals surface area contributed by atoms with Crippen LogP contribution in [0, 0.1) is 13.8 Å². The first-order valence-electron chi connectivity index (χ1n) is 6.22. The summed E-state index contributed by atoms with van der Waals surface area (Å²) in [6.45, 7) is 7.07. The predicted molar refractivity (Wildman–Crippen MR) is 70.3 cm³/mol. The molecule has 0 N–H and O–H groups in total. The first-order valence-corrected chi connectivity index (χ1v) is 6.22. The molecule has 1 saturated heterocycles. The SMILES string of the molecule is COc1ccc(C2(CC(C)=O)COC2)c(C)c1C. The minimum Gasteiger partial charge on any atom is -0.496 e. The molecule has 0 amide bonds. The van der Waals surface area contributed by atoms with E-state index in [1.54, 1.807) is 14.0 Å². The molecule has 0 aliphatic carbocycles. The van der Waals surface area contributed by atoms with E-state index in [0.29, 0.717) is 19.6 Å². The van der Waals surface area contributed by atoms with E-state index in [0.717, 1.165) is 11.3 Å². The third kappa shape index (κ3) is 2.03. The van der Waals surface area contributed by atoms with Crippen molar-refractivity contribution in [2.75, 3.05) is 20.3 Å². The van der Waals surface area contributed by atoms with Crippen LogP contribution >= 0.6 is 0 Å². The molecular weight excluding hydrogens is 228 g/mol. The fraction of sp³-hybridized carbons (Fsp3) is 0.533. The van der Waals surface area contributed by atoms with E-state index in [2.05, 4.69) is 19.9 Å². The molecule has 3 heteroatoms. The highest BCUT2D eigenvalue weighted by Gasteiger charge is 2.42. The largest absolute Gasteiger partial charge is 0.496 e. The van der Waals surface area contributed by atoms with Gasteiger partial charge in [-0.25, -0.2) is 0 Å². The van der Waals surface area contributed by atoms with Gasteiger partial charge in [-0.3, -0.25) is 4.79 Å². The lowest BCUT2D eigenvalue weighted by Crippen LogP contribution is -2.48. The summed E-state index contributed by atoms with van der Waals surface area (Å²) in [7, 11) is 1.68. The fourth-order valence-electron chi connectivity index (χ4n) is 2.77. The number of rotatable bonds is 4. The van der Waals surface area contributed by atoms with Crippen LogP contribution in [0.2, 0.25) is 0 Å². The Bertz CT molecular complexity index is 473. The van der Waals surface area contributed by atoms with Gasteiger partial charge < -0.3 is 9.47 Å². The molecule has 1 aliphatic heterocycles. The van der Waals surface area contributed by atoms with Crippen molar-refractivity contribution in [1.82, 2.24) is 0 Å². The lowest BCUT2D eigenvalue weighted by molar-refractivity contribution is -0.125. The number of ether oxygens (including phenoxy) is 2. The van der Waals surface area contributed by atoms with Crippen LogP contribution in [0.1, 0.15) is 30.0 Å². The van der Waals surface area contributed by atoms with Crippen LogP contribution in [0.25, 0.3) is 0 Å². The average Bonchev–Trinajstić information content (AvgIpc) is 2.27. The summed E-state index contributed by atoms with van der Waals surface area (Å²) in [4.78, 5) is 11.5. The van der Waals surface area contributed by atoms with E-state index in [4.69, 9.17) is 9.47 Å². The number of methoxy groups -OCH3 is 1. The highest BCUT2D eigenvalue weighted by Crippen LogP contribution is 2.40. The average molecular weight is 248 g/mol. The van der Waals surface area contributed by atoms with Gasteiger partial charge in [0.15, 0.2) is 0 Å². The summed E-state index contributed by atoms with van der Waals surface area (Å²) >= 11 is 0. The Morgan fingerprint density at radius 1 is 1.33 bits per heavy atom. The van der Waals surface area contributed by atoms with Crippen molar-refractivity contribution >= 4 is 5.78 Å². The maximum atomic E-state index is 11.5. The molecule has 0 spiro atoms. The molecule has 0 bridgehead atoms. The van der Waals surface area contributed by atoms with Gasteiger partial charge >= 0.3 is 0 Å². The number of hydrogen-bond donors (Lipinski definition) is 0. The normalized spacial score (nSPS) is 17.1. The Hall–Kier alpha value is -1.35. The molecule has 1 fully saturated rings. The molecule has 0 radical (unpaired) electrons. The monoisotopic (exact) mass is 248 g/mol. The van der Waals surface area contributed by atoms with Crippen molar-refractivity contribution in [3.05, 3.63) is 28.8 Å². The Balaban J connectivity index is 2.44. The maximum absolute atomic E-state index is 11.5. The van der Waals surface area contributed by atoms with E-state index in [9.17, 15) is 4.79 Å². The van der Waals surface area contributed by atoms with Gasteiger partial charge in [-0.15, -0.1) is 0 Å². The lowest BCUT2D eigenvalue weighted by Gasteiger charge is -2.42. The summed E-state index contributed by atoms with van der Waals surface area (Å²) in [5.41, 5.74) is 3.46. The van der Waals surface area contributed by atoms with E-state index in [-0.39, 0.29) is 11.2 Å². The number of benzene rings is 1. The number of Topliss-reactive ketones (excluding diaryl/α,β-unsaturated/α-hetero) is 1. The van der Waals surface area contributed by atoms with Gasteiger partial charge in [-0.2, -0.15) is 0 Å². The maximum Gasteiger partial charge on any atom is 0.130 e. The molecular formula is C15H20O3. The third-order valence-electron chi connectivity index (χ3n) is 3.87. The molecule has 0 saturated carbocycles. The molecule has 0 unspecified atom stereocenters. The van der Waals surface area contributed by atoms with Crippen LogP contribution in [-0.4, -0.2) is 26.1 Å². The van der Waals surface area contributed by atoms with Crippen molar-refractivity contribution in [2.24, 2.45) is 0 Å². The molecule has 1 aliphatic rings. The molecule has 0 aromatic heterocycles. The number of ketones is 1. The first kappa shape index (κ1) is 13.1. The van der Waals surface area contributed by atoms with Crippen molar-refractivity contribution in [3.63, 3.8) is 0 Å². The molecule has 1 aromatic rings. The van der Waals surface area contributed by atoms with Crippen molar-refractivity contribution < 1.29 is 14.3 Å². The molecule has 18 heavy (non-hydrogen) atoms. The van der Waals surface area contributed by atoms with Gasteiger partial charge in [0.1, 0.15) is 11.5 Å². The molecule has 3 nitrogen and oxygen atoms in total. The predicted octanol–water partition coefficient (Wildman–Crippen LogP) is 2.56. The van der Waals surface area contributed by atoms with Gasteiger partial charge in [-0.05, 0) is 43.5 Å². The Labute approximate surface area is 108 Å².